The summed E-state index contributed by atoms with van der Waals surface area (Å²) in [4.78, 5) is 0. The van der Waals surface area contributed by atoms with Crippen LogP contribution in [0.25, 0.3) is 0 Å². The van der Waals surface area contributed by atoms with Crippen molar-refractivity contribution in [1.82, 2.24) is 5.32 Å². The van der Waals surface area contributed by atoms with Crippen LogP contribution >= 0.6 is 0 Å². The minimum Gasteiger partial charge on any atom is -0.493 e. The summed E-state index contributed by atoms with van der Waals surface area (Å²) < 4.78 is 21.3. The Morgan fingerprint density at radius 3 is 2.75 bits per heavy atom. The third-order valence-electron chi connectivity index (χ3n) is 3.07. The predicted octanol–water partition coefficient (Wildman–Crippen LogP) is 1.10. The Labute approximate surface area is 118 Å². The van der Waals surface area contributed by atoms with Crippen molar-refractivity contribution in [3.05, 3.63) is 46.6 Å². The molecule has 0 saturated heterocycles. The second-order valence-electron chi connectivity index (χ2n) is 4.30. The van der Waals surface area contributed by atoms with E-state index < -0.39 is 0 Å². The van der Waals surface area contributed by atoms with E-state index in [9.17, 15) is 0 Å². The molecule has 0 unspecified atom stereocenters. The number of hydrogen-bond acceptors (Lipinski definition) is 6. The summed E-state index contributed by atoms with van der Waals surface area (Å²) in [6.45, 7) is 1.30. The molecule has 6 heteroatoms. The molecule has 0 fully saturated rings. The van der Waals surface area contributed by atoms with E-state index in [-0.39, 0.29) is 0 Å². The van der Waals surface area contributed by atoms with Crippen molar-refractivity contribution < 1.29 is 18.9 Å². The van der Waals surface area contributed by atoms with Gasteiger partial charge in [-0.3, -0.25) is 0 Å². The molecule has 0 aromatic carbocycles. The molecular formula is C14H20N2O4. The smallest absolute Gasteiger partial charge is 0.204 e. The molecule has 1 aliphatic carbocycles. The second kappa shape index (κ2) is 6.38. The largest absolute Gasteiger partial charge is 0.493 e. The van der Waals surface area contributed by atoms with Crippen LogP contribution in [0.2, 0.25) is 0 Å². The van der Waals surface area contributed by atoms with Crippen LogP contribution in [0.1, 0.15) is 6.42 Å². The van der Waals surface area contributed by atoms with E-state index in [0.29, 0.717) is 42.7 Å². The molecule has 2 aliphatic rings. The highest BCUT2D eigenvalue weighted by Crippen LogP contribution is 2.36. The van der Waals surface area contributed by atoms with Gasteiger partial charge in [0.15, 0.2) is 17.4 Å². The zero-order valence-electron chi connectivity index (χ0n) is 12.0. The number of fused-ring (bicyclic) bond motifs is 1. The van der Waals surface area contributed by atoms with Gasteiger partial charge in [0.25, 0.3) is 0 Å². The van der Waals surface area contributed by atoms with Crippen molar-refractivity contribution in [2.45, 2.75) is 6.42 Å². The second-order valence-corrected chi connectivity index (χ2v) is 4.30. The average molecular weight is 280 g/mol. The lowest BCUT2D eigenvalue weighted by Crippen LogP contribution is -2.25. The van der Waals surface area contributed by atoms with Gasteiger partial charge in [0.2, 0.25) is 5.76 Å². The first-order valence-corrected chi connectivity index (χ1v) is 6.35. The van der Waals surface area contributed by atoms with Gasteiger partial charge >= 0.3 is 0 Å². The number of ether oxygens (including phenoxy) is 4. The number of nitrogens with two attached hydrogens (primary N) is 1. The lowest BCUT2D eigenvalue weighted by Gasteiger charge is -2.27. The topological polar surface area (TPSA) is 75.0 Å². The normalized spacial score (nSPS) is 17.9. The van der Waals surface area contributed by atoms with Crippen LogP contribution in [-0.4, -0.2) is 34.5 Å². The van der Waals surface area contributed by atoms with E-state index in [1.807, 2.05) is 6.08 Å². The maximum Gasteiger partial charge on any atom is 0.204 e. The monoisotopic (exact) mass is 280 g/mol. The van der Waals surface area contributed by atoms with Crippen molar-refractivity contribution >= 4 is 0 Å². The number of hydrogen-bond donors (Lipinski definition) is 2. The highest BCUT2D eigenvalue weighted by Gasteiger charge is 2.28. The van der Waals surface area contributed by atoms with E-state index in [0.717, 1.165) is 11.3 Å². The van der Waals surface area contributed by atoms with E-state index >= 15 is 0 Å². The molecule has 1 aliphatic heterocycles. The lowest BCUT2D eigenvalue weighted by molar-refractivity contribution is 0.184. The first-order chi connectivity index (χ1) is 9.71. The van der Waals surface area contributed by atoms with Crippen molar-refractivity contribution in [2.75, 3.05) is 34.5 Å². The fourth-order valence-electron chi connectivity index (χ4n) is 2.16. The lowest BCUT2D eigenvalue weighted by atomic mass is 9.99. The molecule has 3 N–H and O–H groups in total. The quantitative estimate of drug-likeness (QED) is 0.710. The first kappa shape index (κ1) is 14.3. The molecule has 0 amide bonds. The molecule has 0 aromatic rings. The molecule has 0 spiro atoms. The SMILES string of the molecule is COCCNC1=C2CC=C(OC)C(OC)=C2OC(N)=C1. The fourth-order valence-corrected chi connectivity index (χ4v) is 2.16. The fraction of sp³-hybridized carbons (Fsp3) is 0.429. The molecule has 0 atom stereocenters. The van der Waals surface area contributed by atoms with Crippen LogP contribution in [0.15, 0.2) is 46.6 Å². The minimum absolute atomic E-state index is 0.315. The van der Waals surface area contributed by atoms with Crippen LogP contribution in [0.5, 0.6) is 0 Å². The Bertz CT molecular complexity index is 503. The molecule has 110 valence electrons. The van der Waals surface area contributed by atoms with Gasteiger partial charge in [-0.15, -0.1) is 0 Å². The van der Waals surface area contributed by atoms with Crippen LogP contribution in [-0.2, 0) is 18.9 Å². The summed E-state index contributed by atoms with van der Waals surface area (Å²) in [5.74, 6) is 2.12. The molecule has 6 nitrogen and oxygen atoms in total. The predicted molar refractivity (Wildman–Crippen MR) is 74.0 cm³/mol. The first-order valence-electron chi connectivity index (χ1n) is 6.35. The minimum atomic E-state index is 0.315. The van der Waals surface area contributed by atoms with E-state index in [2.05, 4.69) is 5.32 Å². The van der Waals surface area contributed by atoms with Gasteiger partial charge in [-0.05, 0) is 6.08 Å². The van der Waals surface area contributed by atoms with Crippen LogP contribution in [0, 0.1) is 0 Å². The molecule has 0 bridgehead atoms. The Balaban J connectivity index is 2.34. The number of nitrogens with one attached hydrogen (secondary N) is 1. The van der Waals surface area contributed by atoms with Crippen molar-refractivity contribution in [3.8, 4) is 0 Å². The Hall–Kier alpha value is -2.08. The molecule has 0 aromatic heterocycles. The Morgan fingerprint density at radius 2 is 2.10 bits per heavy atom. The van der Waals surface area contributed by atoms with Gasteiger partial charge in [-0.2, -0.15) is 0 Å². The van der Waals surface area contributed by atoms with E-state index in [4.69, 9.17) is 24.7 Å². The summed E-state index contributed by atoms with van der Waals surface area (Å²) in [6, 6.07) is 0. The summed E-state index contributed by atoms with van der Waals surface area (Å²) in [7, 11) is 4.84. The molecule has 2 rings (SSSR count). The van der Waals surface area contributed by atoms with Crippen LogP contribution < -0.4 is 11.1 Å². The zero-order valence-corrected chi connectivity index (χ0v) is 12.0. The maximum absolute atomic E-state index is 5.82. The van der Waals surface area contributed by atoms with Gasteiger partial charge in [0, 0.05) is 37.4 Å². The standard InChI is InChI=1S/C14H20N2O4/c1-17-7-6-16-10-8-12(15)20-13-9(10)4-5-11(18-2)14(13)19-3/h5,8,16H,4,6-7,15H2,1-3H3. The molecule has 20 heavy (non-hydrogen) atoms. The third kappa shape index (κ3) is 2.75. The molecule has 0 radical (unpaired) electrons. The summed E-state index contributed by atoms with van der Waals surface area (Å²) in [6.07, 6.45) is 4.41. The highest BCUT2D eigenvalue weighted by molar-refractivity contribution is 5.49. The Morgan fingerprint density at radius 1 is 1.30 bits per heavy atom. The van der Waals surface area contributed by atoms with Crippen molar-refractivity contribution in [3.63, 3.8) is 0 Å². The summed E-state index contributed by atoms with van der Waals surface area (Å²) in [5, 5.41) is 3.29. The molecule has 0 saturated carbocycles. The summed E-state index contributed by atoms with van der Waals surface area (Å²) >= 11 is 0. The van der Waals surface area contributed by atoms with Crippen molar-refractivity contribution in [1.29, 1.82) is 0 Å². The molecular weight excluding hydrogens is 260 g/mol. The van der Waals surface area contributed by atoms with Gasteiger partial charge in [-0.25, -0.2) is 0 Å². The number of rotatable bonds is 6. The summed E-state index contributed by atoms with van der Waals surface area (Å²) in [5.41, 5.74) is 7.74. The third-order valence-corrected chi connectivity index (χ3v) is 3.07. The zero-order chi connectivity index (χ0) is 14.5. The number of allylic oxidation sites excluding steroid dienone is 3. The number of methoxy groups -OCH3 is 3. The van der Waals surface area contributed by atoms with E-state index in [1.54, 1.807) is 27.4 Å². The molecule has 1 heterocycles. The van der Waals surface area contributed by atoms with Crippen LogP contribution in [0.4, 0.5) is 0 Å². The average Bonchev–Trinajstić information content (AvgIpc) is 2.45. The Kier molecular flexibility index (Phi) is 4.57. The van der Waals surface area contributed by atoms with Gasteiger partial charge < -0.3 is 30.0 Å². The van der Waals surface area contributed by atoms with Crippen LogP contribution in [0.3, 0.4) is 0 Å². The van der Waals surface area contributed by atoms with Gasteiger partial charge in [0.1, 0.15) is 0 Å². The van der Waals surface area contributed by atoms with E-state index in [1.165, 1.54) is 0 Å². The van der Waals surface area contributed by atoms with Crippen molar-refractivity contribution in [2.24, 2.45) is 5.73 Å². The highest BCUT2D eigenvalue weighted by atomic mass is 16.5. The van der Waals surface area contributed by atoms with Gasteiger partial charge in [-0.1, -0.05) is 0 Å². The maximum atomic E-state index is 5.82. The van der Waals surface area contributed by atoms with Gasteiger partial charge in [0.05, 0.1) is 20.8 Å².